The normalized spacial score (nSPS) is 10.9. The van der Waals surface area contributed by atoms with Crippen LogP contribution in [0.1, 0.15) is 28.7 Å². The molecule has 0 bridgehead atoms. The lowest BCUT2D eigenvalue weighted by molar-refractivity contribution is 0.0525. The Hall–Kier alpha value is -3.24. The van der Waals surface area contributed by atoms with Crippen LogP contribution in [0.5, 0.6) is 0 Å². The summed E-state index contributed by atoms with van der Waals surface area (Å²) in [6.45, 7) is 5.91. The van der Waals surface area contributed by atoms with Gasteiger partial charge in [0.1, 0.15) is 0 Å². The predicted octanol–water partition coefficient (Wildman–Crippen LogP) is 6.41. The Kier molecular flexibility index (Phi) is 5.51. The maximum Gasteiger partial charge on any atom is 0.339 e. The quantitative estimate of drug-likeness (QED) is 0.360. The number of hydrogen-bond acceptors (Lipinski definition) is 4. The van der Waals surface area contributed by atoms with Crippen LogP contribution in [0.25, 0.3) is 33.3 Å². The third-order valence-corrected chi connectivity index (χ3v) is 5.26. The van der Waals surface area contributed by atoms with Crippen LogP contribution in [0.3, 0.4) is 0 Å². The maximum absolute atomic E-state index is 12.2. The second kappa shape index (κ2) is 8.25. The fourth-order valence-corrected chi connectivity index (χ4v) is 3.87. The van der Waals surface area contributed by atoms with Crippen LogP contribution < -0.4 is 0 Å². The number of carbonyl (C=O) groups is 1. The number of hydrogen-bond donors (Lipinski definition) is 0. The van der Waals surface area contributed by atoms with E-state index in [1.54, 1.807) is 13.0 Å². The molecule has 0 amide bonds. The van der Waals surface area contributed by atoms with Gasteiger partial charge >= 0.3 is 5.97 Å². The van der Waals surface area contributed by atoms with Gasteiger partial charge in [-0.15, -0.1) is 0 Å². The van der Waals surface area contributed by atoms with Crippen molar-refractivity contribution in [3.05, 3.63) is 82.6 Å². The first-order chi connectivity index (χ1) is 14.5. The van der Waals surface area contributed by atoms with Crippen molar-refractivity contribution in [1.82, 2.24) is 9.97 Å². The first-order valence-corrected chi connectivity index (χ1v) is 10.2. The Morgan fingerprint density at radius 3 is 2.40 bits per heavy atom. The van der Waals surface area contributed by atoms with E-state index in [1.165, 1.54) is 0 Å². The molecule has 2 aromatic heterocycles. The van der Waals surface area contributed by atoms with Crippen LogP contribution in [0, 0.1) is 13.8 Å². The molecule has 0 aliphatic heterocycles. The van der Waals surface area contributed by atoms with Gasteiger partial charge in [0.25, 0.3) is 0 Å². The number of rotatable bonds is 4. The topological polar surface area (TPSA) is 52.1 Å². The molecule has 4 rings (SSSR count). The molecule has 5 heteroatoms. The number of benzene rings is 2. The highest BCUT2D eigenvalue weighted by atomic mass is 35.5. The number of carbonyl (C=O) groups excluding carboxylic acids is 1. The standard InChI is InChI=1S/C25H21ClN2O2/c1-4-30-25(29)19-11-13-22(27-15(19)2)23-16(3)28-21-12-10-18(26)14-20(21)24(23)17-8-6-5-7-9-17/h5-14H,4H2,1-3H3. The lowest BCUT2D eigenvalue weighted by Crippen LogP contribution is -2.08. The van der Waals surface area contributed by atoms with Gasteiger partial charge in [0, 0.05) is 27.2 Å². The number of aryl methyl sites for hydroxylation is 2. The van der Waals surface area contributed by atoms with E-state index in [2.05, 4.69) is 12.1 Å². The summed E-state index contributed by atoms with van der Waals surface area (Å²) in [7, 11) is 0. The fourth-order valence-electron chi connectivity index (χ4n) is 3.70. The molecule has 0 N–H and O–H groups in total. The third kappa shape index (κ3) is 3.66. The second-order valence-electron chi connectivity index (χ2n) is 7.02. The van der Waals surface area contributed by atoms with Crippen molar-refractivity contribution in [1.29, 1.82) is 0 Å². The van der Waals surface area contributed by atoms with Crippen LogP contribution in [0.2, 0.25) is 5.02 Å². The molecule has 2 aromatic carbocycles. The smallest absolute Gasteiger partial charge is 0.339 e. The van der Waals surface area contributed by atoms with Crippen LogP contribution in [-0.2, 0) is 4.74 Å². The first kappa shape index (κ1) is 20.0. The van der Waals surface area contributed by atoms with Crippen LogP contribution in [0.15, 0.2) is 60.7 Å². The third-order valence-electron chi connectivity index (χ3n) is 5.03. The summed E-state index contributed by atoms with van der Waals surface area (Å²) in [4.78, 5) is 21.7. The molecular weight excluding hydrogens is 396 g/mol. The largest absolute Gasteiger partial charge is 0.462 e. The molecule has 0 radical (unpaired) electrons. The van der Waals surface area contributed by atoms with Gasteiger partial charge in [-0.1, -0.05) is 41.9 Å². The predicted molar refractivity (Wildman–Crippen MR) is 121 cm³/mol. The number of nitrogens with zero attached hydrogens (tertiary/aromatic N) is 2. The van der Waals surface area contributed by atoms with E-state index in [-0.39, 0.29) is 5.97 Å². The second-order valence-corrected chi connectivity index (χ2v) is 7.46. The SMILES string of the molecule is CCOC(=O)c1ccc(-c2c(C)nc3ccc(Cl)cc3c2-c2ccccc2)nc1C. The molecular formula is C25H21ClN2O2. The Labute approximate surface area is 180 Å². The maximum atomic E-state index is 12.2. The lowest BCUT2D eigenvalue weighted by atomic mass is 9.92. The van der Waals surface area contributed by atoms with Gasteiger partial charge in [-0.25, -0.2) is 4.79 Å². The summed E-state index contributed by atoms with van der Waals surface area (Å²) < 4.78 is 5.14. The highest BCUT2D eigenvalue weighted by Gasteiger charge is 2.19. The van der Waals surface area contributed by atoms with Gasteiger partial charge in [0.15, 0.2) is 0 Å². The zero-order chi connectivity index (χ0) is 21.3. The van der Waals surface area contributed by atoms with Gasteiger partial charge in [-0.05, 0) is 56.7 Å². The molecule has 0 spiro atoms. The number of ether oxygens (including phenoxy) is 1. The van der Waals surface area contributed by atoms with E-state index in [0.717, 1.165) is 39.0 Å². The van der Waals surface area contributed by atoms with Crippen molar-refractivity contribution in [2.45, 2.75) is 20.8 Å². The lowest BCUT2D eigenvalue weighted by Gasteiger charge is -2.17. The van der Waals surface area contributed by atoms with Gasteiger partial charge in [0.2, 0.25) is 0 Å². The van der Waals surface area contributed by atoms with Crippen molar-refractivity contribution >= 4 is 28.5 Å². The van der Waals surface area contributed by atoms with Crippen LogP contribution in [-0.4, -0.2) is 22.5 Å². The van der Waals surface area contributed by atoms with E-state index in [9.17, 15) is 4.79 Å². The van der Waals surface area contributed by atoms with E-state index in [1.807, 2.05) is 56.3 Å². The Balaban J connectivity index is 2.01. The van der Waals surface area contributed by atoms with E-state index in [0.29, 0.717) is 22.9 Å². The molecule has 0 saturated carbocycles. The van der Waals surface area contributed by atoms with Crippen LogP contribution in [0.4, 0.5) is 0 Å². The molecule has 0 saturated heterocycles. The molecule has 30 heavy (non-hydrogen) atoms. The highest BCUT2D eigenvalue weighted by molar-refractivity contribution is 6.31. The highest BCUT2D eigenvalue weighted by Crippen LogP contribution is 2.39. The van der Waals surface area contributed by atoms with Crippen molar-refractivity contribution < 1.29 is 9.53 Å². The summed E-state index contributed by atoms with van der Waals surface area (Å²) in [5, 5.41) is 1.61. The average molecular weight is 417 g/mol. The molecule has 0 fully saturated rings. The minimum atomic E-state index is -0.363. The first-order valence-electron chi connectivity index (χ1n) is 9.80. The van der Waals surface area contributed by atoms with Crippen molar-refractivity contribution in [3.8, 4) is 22.4 Å². The monoisotopic (exact) mass is 416 g/mol. The van der Waals surface area contributed by atoms with Crippen LogP contribution >= 0.6 is 11.6 Å². The van der Waals surface area contributed by atoms with Crippen molar-refractivity contribution in [2.24, 2.45) is 0 Å². The van der Waals surface area contributed by atoms with Gasteiger partial charge in [0.05, 0.1) is 29.1 Å². The van der Waals surface area contributed by atoms with E-state index < -0.39 is 0 Å². The summed E-state index contributed by atoms with van der Waals surface area (Å²) in [5.74, 6) is -0.363. The Bertz CT molecular complexity index is 1250. The van der Waals surface area contributed by atoms with Gasteiger partial charge < -0.3 is 4.74 Å². The van der Waals surface area contributed by atoms with E-state index in [4.69, 9.17) is 26.3 Å². The molecule has 150 valence electrons. The Morgan fingerprint density at radius 2 is 1.70 bits per heavy atom. The summed E-state index contributed by atoms with van der Waals surface area (Å²) in [6, 6.07) is 19.5. The van der Waals surface area contributed by atoms with E-state index >= 15 is 0 Å². The van der Waals surface area contributed by atoms with Gasteiger partial charge in [-0.3, -0.25) is 9.97 Å². The summed E-state index contributed by atoms with van der Waals surface area (Å²) in [5.41, 5.74) is 6.59. The van der Waals surface area contributed by atoms with Gasteiger partial charge in [-0.2, -0.15) is 0 Å². The molecule has 4 nitrogen and oxygen atoms in total. The number of esters is 1. The molecule has 0 unspecified atom stereocenters. The number of pyridine rings is 2. The fraction of sp³-hybridized carbons (Fsp3) is 0.160. The average Bonchev–Trinajstić information content (AvgIpc) is 2.74. The van der Waals surface area contributed by atoms with Crippen molar-refractivity contribution in [2.75, 3.05) is 6.61 Å². The molecule has 0 aliphatic carbocycles. The summed E-state index contributed by atoms with van der Waals surface area (Å²) >= 11 is 6.33. The minimum Gasteiger partial charge on any atom is -0.462 e. The zero-order valence-electron chi connectivity index (χ0n) is 17.1. The summed E-state index contributed by atoms with van der Waals surface area (Å²) in [6.07, 6.45) is 0. The number of fused-ring (bicyclic) bond motifs is 1. The number of aromatic nitrogens is 2. The zero-order valence-corrected chi connectivity index (χ0v) is 17.8. The molecule has 0 atom stereocenters. The molecule has 4 aromatic rings. The Morgan fingerprint density at radius 1 is 0.933 bits per heavy atom. The van der Waals surface area contributed by atoms with Crippen molar-refractivity contribution in [3.63, 3.8) is 0 Å². The molecule has 0 aliphatic rings. The molecule has 2 heterocycles. The minimum absolute atomic E-state index is 0.326. The number of halogens is 1.